The molecule has 0 aliphatic heterocycles. The van der Waals surface area contributed by atoms with Crippen molar-refractivity contribution in [1.29, 1.82) is 0 Å². The molecule has 0 amide bonds. The maximum absolute atomic E-state index is 6.09. The fourth-order valence-corrected chi connectivity index (χ4v) is 3.05. The molecule has 2 N–H and O–H groups in total. The Hall–Kier alpha value is -0.870. The van der Waals surface area contributed by atoms with Crippen molar-refractivity contribution in [2.24, 2.45) is 5.73 Å². The Morgan fingerprint density at radius 3 is 2.56 bits per heavy atom. The minimum absolute atomic E-state index is 0.226. The SMILES string of the molecule is CN(CCn1cccn1)C1(CN)CCCCCC1. The molecule has 0 bridgehead atoms. The highest BCUT2D eigenvalue weighted by molar-refractivity contribution is 4.92. The summed E-state index contributed by atoms with van der Waals surface area (Å²) in [6.45, 7) is 2.76. The Morgan fingerprint density at radius 1 is 1.28 bits per heavy atom. The molecule has 0 radical (unpaired) electrons. The summed E-state index contributed by atoms with van der Waals surface area (Å²) in [6, 6.07) is 1.98. The van der Waals surface area contributed by atoms with Gasteiger partial charge in [-0.15, -0.1) is 0 Å². The van der Waals surface area contributed by atoms with Crippen molar-refractivity contribution < 1.29 is 0 Å². The molecule has 1 fully saturated rings. The number of rotatable bonds is 5. The highest BCUT2D eigenvalue weighted by atomic mass is 15.3. The van der Waals surface area contributed by atoms with E-state index in [2.05, 4.69) is 17.0 Å². The second kappa shape index (κ2) is 6.34. The van der Waals surface area contributed by atoms with Crippen molar-refractivity contribution in [3.8, 4) is 0 Å². The summed E-state index contributed by atoms with van der Waals surface area (Å²) >= 11 is 0. The molecule has 0 atom stereocenters. The molecule has 0 unspecified atom stereocenters. The van der Waals surface area contributed by atoms with Gasteiger partial charge in [0.15, 0.2) is 0 Å². The molecule has 0 aromatic carbocycles. The lowest BCUT2D eigenvalue weighted by molar-refractivity contribution is 0.102. The van der Waals surface area contributed by atoms with E-state index in [4.69, 9.17) is 5.73 Å². The van der Waals surface area contributed by atoms with Crippen LogP contribution < -0.4 is 5.73 Å². The standard InChI is InChI=1S/C14H26N4/c1-17(11-12-18-10-6-9-16-18)14(13-15)7-4-2-3-5-8-14/h6,9-10H,2-5,7-8,11-13,15H2,1H3. The van der Waals surface area contributed by atoms with Gasteiger partial charge in [-0.1, -0.05) is 25.7 Å². The predicted molar refractivity (Wildman–Crippen MR) is 74.3 cm³/mol. The molecule has 0 saturated heterocycles. The summed E-state index contributed by atoms with van der Waals surface area (Å²) in [6.07, 6.45) is 11.7. The van der Waals surface area contributed by atoms with Crippen LogP contribution in [-0.4, -0.2) is 40.4 Å². The molecule has 1 aromatic rings. The second-order valence-electron chi connectivity index (χ2n) is 5.53. The van der Waals surface area contributed by atoms with E-state index in [0.717, 1.165) is 19.6 Å². The molecule has 1 saturated carbocycles. The molecule has 1 heterocycles. The van der Waals surface area contributed by atoms with Crippen molar-refractivity contribution in [1.82, 2.24) is 14.7 Å². The smallest absolute Gasteiger partial charge is 0.0536 e. The minimum Gasteiger partial charge on any atom is -0.329 e. The van der Waals surface area contributed by atoms with E-state index in [1.54, 1.807) is 0 Å². The van der Waals surface area contributed by atoms with Crippen LogP contribution in [0.5, 0.6) is 0 Å². The monoisotopic (exact) mass is 250 g/mol. The topological polar surface area (TPSA) is 47.1 Å². The van der Waals surface area contributed by atoms with E-state index in [-0.39, 0.29) is 5.54 Å². The van der Waals surface area contributed by atoms with Crippen LogP contribution >= 0.6 is 0 Å². The Kier molecular flexibility index (Phi) is 4.78. The van der Waals surface area contributed by atoms with Crippen molar-refractivity contribution in [2.45, 2.75) is 50.6 Å². The summed E-state index contributed by atoms with van der Waals surface area (Å²) in [5.74, 6) is 0. The molecule has 1 aliphatic rings. The van der Waals surface area contributed by atoms with Gasteiger partial charge in [0.2, 0.25) is 0 Å². The van der Waals surface area contributed by atoms with Crippen LogP contribution in [0.4, 0.5) is 0 Å². The largest absolute Gasteiger partial charge is 0.329 e. The van der Waals surface area contributed by atoms with E-state index in [0.29, 0.717) is 0 Å². The number of hydrogen-bond donors (Lipinski definition) is 1. The Bertz CT molecular complexity index is 326. The van der Waals surface area contributed by atoms with Crippen molar-refractivity contribution >= 4 is 0 Å². The first kappa shape index (κ1) is 13.6. The number of nitrogens with two attached hydrogens (primary N) is 1. The molecule has 4 nitrogen and oxygen atoms in total. The Labute approximate surface area is 110 Å². The van der Waals surface area contributed by atoms with Crippen LogP contribution in [0, 0.1) is 0 Å². The van der Waals surface area contributed by atoms with Gasteiger partial charge in [0.1, 0.15) is 0 Å². The Morgan fingerprint density at radius 2 is 2.00 bits per heavy atom. The zero-order chi connectivity index (χ0) is 12.8. The van der Waals surface area contributed by atoms with E-state index in [1.165, 1.54) is 38.5 Å². The van der Waals surface area contributed by atoms with Gasteiger partial charge >= 0.3 is 0 Å². The Balaban J connectivity index is 1.93. The highest BCUT2D eigenvalue weighted by Gasteiger charge is 2.33. The summed E-state index contributed by atoms with van der Waals surface area (Å²) in [7, 11) is 2.22. The number of hydrogen-bond acceptors (Lipinski definition) is 3. The quantitative estimate of drug-likeness (QED) is 0.812. The molecule has 0 spiro atoms. The average Bonchev–Trinajstić information content (AvgIpc) is 2.79. The summed E-state index contributed by atoms with van der Waals surface area (Å²) in [5, 5.41) is 4.26. The second-order valence-corrected chi connectivity index (χ2v) is 5.53. The third-order valence-electron chi connectivity index (χ3n) is 4.45. The minimum atomic E-state index is 0.226. The van der Waals surface area contributed by atoms with Gasteiger partial charge in [-0.2, -0.15) is 5.10 Å². The number of aromatic nitrogens is 2. The van der Waals surface area contributed by atoms with Gasteiger partial charge in [-0.3, -0.25) is 9.58 Å². The number of likely N-dealkylation sites (N-methyl/N-ethyl adjacent to an activating group) is 1. The molecule has 18 heavy (non-hydrogen) atoms. The molecular formula is C14H26N4. The first-order chi connectivity index (χ1) is 8.77. The van der Waals surface area contributed by atoms with Crippen LogP contribution in [0.25, 0.3) is 0 Å². The molecule has 4 heteroatoms. The fourth-order valence-electron chi connectivity index (χ4n) is 3.05. The first-order valence-corrected chi connectivity index (χ1v) is 7.16. The van der Waals surface area contributed by atoms with Crippen LogP contribution in [0.2, 0.25) is 0 Å². The molecule has 2 rings (SSSR count). The van der Waals surface area contributed by atoms with Gasteiger partial charge in [0, 0.05) is 31.0 Å². The molecular weight excluding hydrogens is 224 g/mol. The van der Waals surface area contributed by atoms with E-state index >= 15 is 0 Å². The third kappa shape index (κ3) is 3.12. The fraction of sp³-hybridized carbons (Fsp3) is 0.786. The number of nitrogens with zero attached hydrogens (tertiary/aromatic N) is 3. The normalized spacial score (nSPS) is 19.9. The summed E-state index contributed by atoms with van der Waals surface area (Å²) in [5.41, 5.74) is 6.32. The van der Waals surface area contributed by atoms with Gasteiger partial charge in [-0.05, 0) is 26.0 Å². The van der Waals surface area contributed by atoms with Gasteiger partial charge in [0.25, 0.3) is 0 Å². The van der Waals surface area contributed by atoms with E-state index in [9.17, 15) is 0 Å². The van der Waals surface area contributed by atoms with Crippen molar-refractivity contribution in [2.75, 3.05) is 20.1 Å². The van der Waals surface area contributed by atoms with Gasteiger partial charge in [-0.25, -0.2) is 0 Å². The van der Waals surface area contributed by atoms with Crippen LogP contribution in [0.15, 0.2) is 18.5 Å². The van der Waals surface area contributed by atoms with E-state index in [1.807, 2.05) is 23.1 Å². The third-order valence-corrected chi connectivity index (χ3v) is 4.45. The lowest BCUT2D eigenvalue weighted by atomic mass is 9.88. The van der Waals surface area contributed by atoms with Crippen molar-refractivity contribution in [3.05, 3.63) is 18.5 Å². The maximum Gasteiger partial charge on any atom is 0.0536 e. The summed E-state index contributed by atoms with van der Waals surface area (Å²) in [4.78, 5) is 2.47. The molecule has 1 aliphatic carbocycles. The van der Waals surface area contributed by atoms with Crippen LogP contribution in [0.1, 0.15) is 38.5 Å². The lowest BCUT2D eigenvalue weighted by Crippen LogP contribution is -2.52. The molecule has 1 aromatic heterocycles. The van der Waals surface area contributed by atoms with Gasteiger partial charge < -0.3 is 5.73 Å². The van der Waals surface area contributed by atoms with Gasteiger partial charge in [0.05, 0.1) is 6.54 Å². The lowest BCUT2D eigenvalue weighted by Gasteiger charge is -2.41. The maximum atomic E-state index is 6.09. The molecule has 102 valence electrons. The zero-order valence-electron chi connectivity index (χ0n) is 11.5. The first-order valence-electron chi connectivity index (χ1n) is 7.16. The summed E-state index contributed by atoms with van der Waals surface area (Å²) < 4.78 is 2.00. The van der Waals surface area contributed by atoms with E-state index < -0.39 is 0 Å². The highest BCUT2D eigenvalue weighted by Crippen LogP contribution is 2.30. The zero-order valence-corrected chi connectivity index (χ0v) is 11.5. The van der Waals surface area contributed by atoms with Crippen molar-refractivity contribution in [3.63, 3.8) is 0 Å². The predicted octanol–water partition coefficient (Wildman–Crippen LogP) is 1.87. The van der Waals surface area contributed by atoms with Crippen LogP contribution in [0.3, 0.4) is 0 Å². The van der Waals surface area contributed by atoms with Crippen LogP contribution in [-0.2, 0) is 6.54 Å². The average molecular weight is 250 g/mol.